The highest BCUT2D eigenvalue weighted by atomic mass is 16.5. The van der Waals surface area contributed by atoms with Crippen molar-refractivity contribution in [3.05, 3.63) is 64.2 Å². The molecule has 1 saturated heterocycles. The molecule has 5 rings (SSSR count). The molecular formula is C26H30N4O3. The van der Waals surface area contributed by atoms with Gasteiger partial charge in [0.25, 0.3) is 11.5 Å². The van der Waals surface area contributed by atoms with Gasteiger partial charge in [0.1, 0.15) is 18.2 Å². The highest BCUT2D eigenvalue weighted by molar-refractivity contribution is 5.95. The summed E-state index contributed by atoms with van der Waals surface area (Å²) in [4.78, 5) is 32.9. The van der Waals surface area contributed by atoms with Crippen molar-refractivity contribution in [3.8, 4) is 11.4 Å². The van der Waals surface area contributed by atoms with Crippen LogP contribution in [-0.4, -0.2) is 51.6 Å². The predicted octanol–water partition coefficient (Wildman–Crippen LogP) is 3.45. The Hall–Kier alpha value is -3.19. The van der Waals surface area contributed by atoms with Gasteiger partial charge in [-0.1, -0.05) is 6.07 Å². The first-order valence-electron chi connectivity index (χ1n) is 11.7. The third kappa shape index (κ3) is 4.50. The normalized spacial score (nSPS) is 18.7. The number of nitrogens with zero attached hydrogens (tertiary/aromatic N) is 3. The topological polar surface area (TPSA) is 76.5 Å². The van der Waals surface area contributed by atoms with Crippen molar-refractivity contribution in [2.75, 3.05) is 13.1 Å². The molecule has 7 nitrogen and oxygen atoms in total. The molecule has 2 heterocycles. The number of ether oxygens (including phenoxy) is 1. The van der Waals surface area contributed by atoms with Gasteiger partial charge in [0.15, 0.2) is 0 Å². The first-order valence-corrected chi connectivity index (χ1v) is 11.7. The first-order chi connectivity index (χ1) is 15.9. The van der Waals surface area contributed by atoms with Gasteiger partial charge in [0, 0.05) is 30.7 Å². The van der Waals surface area contributed by atoms with Crippen molar-refractivity contribution >= 4 is 16.8 Å². The maximum Gasteiger partial charge on any atom is 0.265 e. The molecule has 1 aromatic heterocycles. The lowest BCUT2D eigenvalue weighted by Gasteiger charge is -2.20. The predicted molar refractivity (Wildman–Crippen MR) is 128 cm³/mol. The summed E-state index contributed by atoms with van der Waals surface area (Å²) in [6, 6.07) is 11.7. The number of carbonyl (C=O) groups is 1. The molecular weight excluding hydrogens is 416 g/mol. The summed E-state index contributed by atoms with van der Waals surface area (Å²) >= 11 is 0. The average molecular weight is 447 g/mol. The van der Waals surface area contributed by atoms with E-state index in [-0.39, 0.29) is 23.6 Å². The molecule has 33 heavy (non-hydrogen) atoms. The number of carbonyl (C=O) groups excluding carboxylic acids is 1. The molecule has 1 N–H and O–H groups in total. The van der Waals surface area contributed by atoms with Crippen molar-refractivity contribution in [3.63, 3.8) is 0 Å². The van der Waals surface area contributed by atoms with Crippen LogP contribution in [0.1, 0.15) is 49.0 Å². The van der Waals surface area contributed by atoms with Crippen molar-refractivity contribution in [1.82, 2.24) is 19.8 Å². The minimum atomic E-state index is -0.177. The van der Waals surface area contributed by atoms with E-state index in [1.165, 1.54) is 10.9 Å². The minimum Gasteiger partial charge on any atom is -0.489 e. The number of nitrogens with one attached hydrogen (secondary N) is 1. The second-order valence-electron chi connectivity index (χ2n) is 9.46. The summed E-state index contributed by atoms with van der Waals surface area (Å²) in [7, 11) is 0. The van der Waals surface area contributed by atoms with Crippen LogP contribution in [0.4, 0.5) is 0 Å². The van der Waals surface area contributed by atoms with Gasteiger partial charge in [0.2, 0.25) is 0 Å². The highest BCUT2D eigenvalue weighted by Crippen LogP contribution is 2.24. The summed E-state index contributed by atoms with van der Waals surface area (Å²) in [6.45, 7) is 8.23. The van der Waals surface area contributed by atoms with Crippen LogP contribution in [0.5, 0.6) is 5.75 Å². The van der Waals surface area contributed by atoms with Crippen LogP contribution in [-0.2, 0) is 0 Å². The van der Waals surface area contributed by atoms with Crippen LogP contribution in [0.25, 0.3) is 16.6 Å². The molecule has 1 saturated carbocycles. The zero-order chi connectivity index (χ0) is 23.1. The van der Waals surface area contributed by atoms with Gasteiger partial charge in [-0.05, 0) is 75.9 Å². The quantitative estimate of drug-likeness (QED) is 0.628. The molecule has 3 aromatic rings. The molecule has 2 fully saturated rings. The minimum absolute atomic E-state index is 0.108. The molecule has 172 valence electrons. The molecule has 0 bridgehead atoms. The summed E-state index contributed by atoms with van der Waals surface area (Å²) in [5.74, 6) is 0.576. The number of aromatic nitrogens is 2. The Labute approximate surface area is 193 Å². The van der Waals surface area contributed by atoms with Crippen LogP contribution >= 0.6 is 0 Å². The van der Waals surface area contributed by atoms with E-state index in [1.807, 2.05) is 25.1 Å². The van der Waals surface area contributed by atoms with Gasteiger partial charge in [-0.15, -0.1) is 0 Å². The van der Waals surface area contributed by atoms with Gasteiger partial charge in [0.05, 0.1) is 16.6 Å². The van der Waals surface area contributed by atoms with E-state index in [2.05, 4.69) is 29.0 Å². The summed E-state index contributed by atoms with van der Waals surface area (Å²) in [5.41, 5.74) is 2.55. The number of benzene rings is 2. The Kier molecular flexibility index (Phi) is 5.66. The number of fused-ring (bicyclic) bond motifs is 1. The van der Waals surface area contributed by atoms with Gasteiger partial charge in [-0.2, -0.15) is 0 Å². The van der Waals surface area contributed by atoms with E-state index >= 15 is 0 Å². The second-order valence-corrected chi connectivity index (χ2v) is 9.46. The molecule has 1 atom stereocenters. The molecule has 1 amide bonds. The lowest BCUT2D eigenvalue weighted by molar-refractivity contribution is 0.0951. The first kappa shape index (κ1) is 21.6. The van der Waals surface area contributed by atoms with Crippen LogP contribution in [0, 0.1) is 6.92 Å². The molecule has 0 radical (unpaired) electrons. The van der Waals surface area contributed by atoms with Crippen LogP contribution in [0.2, 0.25) is 0 Å². The molecule has 0 unspecified atom stereocenters. The lowest BCUT2D eigenvalue weighted by Crippen LogP contribution is -2.30. The second kappa shape index (κ2) is 8.63. The van der Waals surface area contributed by atoms with Gasteiger partial charge in [-0.3, -0.25) is 19.1 Å². The van der Waals surface area contributed by atoms with Crippen LogP contribution in [0.3, 0.4) is 0 Å². The van der Waals surface area contributed by atoms with Gasteiger partial charge < -0.3 is 10.1 Å². The fourth-order valence-corrected chi connectivity index (χ4v) is 4.36. The van der Waals surface area contributed by atoms with E-state index in [4.69, 9.17) is 4.74 Å². The molecule has 1 aliphatic carbocycles. The Morgan fingerprint density at radius 2 is 1.97 bits per heavy atom. The zero-order valence-electron chi connectivity index (χ0n) is 19.4. The summed E-state index contributed by atoms with van der Waals surface area (Å²) in [6.07, 6.45) is 4.68. The monoisotopic (exact) mass is 446 g/mol. The maximum atomic E-state index is 13.4. The van der Waals surface area contributed by atoms with Crippen molar-refractivity contribution in [2.45, 2.75) is 58.2 Å². The number of hydrogen-bond donors (Lipinski definition) is 1. The standard InChI is InChI=1S/C26H30N4O3/c1-16(2)29-11-10-21(14-29)33-20-8-9-23-22(13-20)26(32)30(15-27-23)24-12-18(5-4-17(24)3)25(31)28-19-6-7-19/h4-5,8-9,12-13,15-16,19,21H,6-7,10-11,14H2,1-3H3,(H,28,31)/t21-/m1/s1. The van der Waals surface area contributed by atoms with E-state index in [1.54, 1.807) is 18.2 Å². The van der Waals surface area contributed by atoms with E-state index in [0.29, 0.717) is 33.9 Å². The molecule has 7 heteroatoms. The van der Waals surface area contributed by atoms with Gasteiger partial charge >= 0.3 is 0 Å². The molecule has 2 aliphatic rings. The maximum absolute atomic E-state index is 13.4. The molecule has 0 spiro atoms. The van der Waals surface area contributed by atoms with Crippen molar-refractivity contribution in [2.24, 2.45) is 0 Å². The zero-order valence-corrected chi connectivity index (χ0v) is 19.4. The lowest BCUT2D eigenvalue weighted by atomic mass is 10.1. The molecule has 1 aliphatic heterocycles. The summed E-state index contributed by atoms with van der Waals surface area (Å²) in [5, 5.41) is 3.50. The number of rotatable bonds is 6. The number of aryl methyl sites for hydroxylation is 1. The number of likely N-dealkylation sites (tertiary alicyclic amines) is 1. The SMILES string of the molecule is Cc1ccc(C(=O)NC2CC2)cc1-n1cnc2ccc(O[C@@H]3CCN(C(C)C)C3)cc2c1=O. The Balaban J connectivity index is 1.45. The van der Waals surface area contributed by atoms with E-state index in [0.717, 1.165) is 37.9 Å². The fraction of sp³-hybridized carbons (Fsp3) is 0.423. The fourth-order valence-electron chi connectivity index (χ4n) is 4.36. The average Bonchev–Trinajstić information content (AvgIpc) is 3.48. The van der Waals surface area contributed by atoms with Crippen LogP contribution in [0.15, 0.2) is 47.5 Å². The van der Waals surface area contributed by atoms with Crippen LogP contribution < -0.4 is 15.6 Å². The largest absolute Gasteiger partial charge is 0.489 e. The van der Waals surface area contributed by atoms with Gasteiger partial charge in [-0.25, -0.2) is 4.98 Å². The van der Waals surface area contributed by atoms with Crippen molar-refractivity contribution < 1.29 is 9.53 Å². The smallest absolute Gasteiger partial charge is 0.265 e. The number of amides is 1. The third-order valence-corrected chi connectivity index (χ3v) is 6.58. The Morgan fingerprint density at radius 1 is 1.15 bits per heavy atom. The highest BCUT2D eigenvalue weighted by Gasteiger charge is 2.26. The van der Waals surface area contributed by atoms with Crippen molar-refractivity contribution in [1.29, 1.82) is 0 Å². The molecule has 2 aromatic carbocycles. The Bertz CT molecular complexity index is 1260. The third-order valence-electron chi connectivity index (χ3n) is 6.58. The Morgan fingerprint density at radius 3 is 2.70 bits per heavy atom. The van der Waals surface area contributed by atoms with E-state index < -0.39 is 0 Å². The number of hydrogen-bond acceptors (Lipinski definition) is 5. The van der Waals surface area contributed by atoms with E-state index in [9.17, 15) is 9.59 Å². The summed E-state index contributed by atoms with van der Waals surface area (Å²) < 4.78 is 7.73.